The Morgan fingerprint density at radius 3 is 2.84 bits per heavy atom. The van der Waals surface area contributed by atoms with Gasteiger partial charge in [0.25, 0.3) is 0 Å². The average molecular weight is 285 g/mol. The zero-order valence-electron chi connectivity index (χ0n) is 11.1. The van der Waals surface area contributed by atoms with Gasteiger partial charge in [-0.25, -0.2) is 13.1 Å². The molecule has 0 unspecified atom stereocenters. The van der Waals surface area contributed by atoms with Crippen LogP contribution in [-0.4, -0.2) is 33.3 Å². The van der Waals surface area contributed by atoms with Gasteiger partial charge in [0.05, 0.1) is 11.5 Å². The van der Waals surface area contributed by atoms with Crippen molar-refractivity contribution in [2.45, 2.75) is 25.2 Å². The van der Waals surface area contributed by atoms with Crippen LogP contribution in [0.15, 0.2) is 23.1 Å². The van der Waals surface area contributed by atoms with Crippen LogP contribution >= 0.6 is 0 Å². The lowest BCUT2D eigenvalue weighted by atomic mass is 9.96. The molecule has 0 saturated heterocycles. The molecular formula is C13H19NO4S. The summed E-state index contributed by atoms with van der Waals surface area (Å²) in [5.41, 5.74) is 0.441. The van der Waals surface area contributed by atoms with Crippen molar-refractivity contribution in [2.75, 3.05) is 19.8 Å². The number of nitrogens with one attached hydrogen (secondary N) is 1. The van der Waals surface area contributed by atoms with Crippen LogP contribution in [0.5, 0.6) is 5.75 Å². The molecule has 0 bridgehead atoms. The summed E-state index contributed by atoms with van der Waals surface area (Å²) < 4.78 is 32.2. The summed E-state index contributed by atoms with van der Waals surface area (Å²) >= 11 is 0. The van der Waals surface area contributed by atoms with Crippen LogP contribution in [0.25, 0.3) is 0 Å². The van der Waals surface area contributed by atoms with Gasteiger partial charge in [-0.15, -0.1) is 0 Å². The molecule has 0 aliphatic carbocycles. The molecule has 0 fully saturated rings. The Morgan fingerprint density at radius 2 is 2.16 bits per heavy atom. The SMILES string of the molecule is CC(C)(CO)CNS(=O)(=O)c1ccc2c(c1)CCO2. The third-order valence-corrected chi connectivity index (χ3v) is 4.54. The molecule has 0 atom stereocenters. The molecular weight excluding hydrogens is 266 g/mol. The molecule has 0 saturated carbocycles. The zero-order chi connectivity index (χ0) is 14.1. The highest BCUT2D eigenvalue weighted by molar-refractivity contribution is 7.89. The number of rotatable bonds is 5. The molecule has 0 radical (unpaired) electrons. The molecule has 1 aromatic carbocycles. The molecule has 1 aliphatic heterocycles. The van der Waals surface area contributed by atoms with Crippen molar-refractivity contribution >= 4 is 10.0 Å². The molecule has 6 heteroatoms. The highest BCUT2D eigenvalue weighted by Gasteiger charge is 2.23. The van der Waals surface area contributed by atoms with Crippen molar-refractivity contribution in [2.24, 2.45) is 5.41 Å². The Kier molecular flexibility index (Phi) is 3.85. The van der Waals surface area contributed by atoms with E-state index >= 15 is 0 Å². The van der Waals surface area contributed by atoms with Crippen molar-refractivity contribution < 1.29 is 18.3 Å². The normalized spacial score (nSPS) is 15.1. The smallest absolute Gasteiger partial charge is 0.240 e. The average Bonchev–Trinajstić information content (AvgIpc) is 2.84. The van der Waals surface area contributed by atoms with E-state index in [1.54, 1.807) is 32.0 Å². The maximum absolute atomic E-state index is 12.2. The maximum Gasteiger partial charge on any atom is 0.240 e. The van der Waals surface area contributed by atoms with Gasteiger partial charge in [0, 0.05) is 25.0 Å². The number of aliphatic hydroxyl groups is 1. The van der Waals surface area contributed by atoms with Crippen LogP contribution in [0.3, 0.4) is 0 Å². The van der Waals surface area contributed by atoms with Gasteiger partial charge >= 0.3 is 0 Å². The van der Waals surface area contributed by atoms with E-state index < -0.39 is 15.4 Å². The van der Waals surface area contributed by atoms with Crippen LogP contribution in [0.1, 0.15) is 19.4 Å². The molecule has 2 rings (SSSR count). The number of ether oxygens (including phenoxy) is 1. The third kappa shape index (κ3) is 3.26. The second-order valence-electron chi connectivity index (χ2n) is 5.51. The van der Waals surface area contributed by atoms with Gasteiger partial charge in [-0.1, -0.05) is 13.8 Å². The van der Waals surface area contributed by atoms with Crippen molar-refractivity contribution in [1.29, 1.82) is 0 Å². The van der Waals surface area contributed by atoms with E-state index in [4.69, 9.17) is 9.84 Å². The van der Waals surface area contributed by atoms with Gasteiger partial charge in [0.15, 0.2) is 0 Å². The lowest BCUT2D eigenvalue weighted by Crippen LogP contribution is -2.36. The van der Waals surface area contributed by atoms with E-state index in [0.29, 0.717) is 6.61 Å². The van der Waals surface area contributed by atoms with Gasteiger partial charge in [-0.3, -0.25) is 0 Å². The minimum atomic E-state index is -3.54. The lowest BCUT2D eigenvalue weighted by molar-refractivity contribution is 0.163. The first kappa shape index (κ1) is 14.3. The van der Waals surface area contributed by atoms with E-state index in [-0.39, 0.29) is 18.0 Å². The lowest BCUT2D eigenvalue weighted by Gasteiger charge is -2.21. The first-order valence-electron chi connectivity index (χ1n) is 6.20. The van der Waals surface area contributed by atoms with Gasteiger partial charge in [-0.05, 0) is 23.8 Å². The summed E-state index contributed by atoms with van der Waals surface area (Å²) in [5.74, 6) is 0.759. The summed E-state index contributed by atoms with van der Waals surface area (Å²) in [4.78, 5) is 0.241. The largest absolute Gasteiger partial charge is 0.493 e. The number of hydrogen-bond donors (Lipinski definition) is 2. The van der Waals surface area contributed by atoms with Crippen molar-refractivity contribution in [3.05, 3.63) is 23.8 Å². The maximum atomic E-state index is 12.2. The molecule has 106 valence electrons. The van der Waals surface area contributed by atoms with Crippen LogP contribution in [0, 0.1) is 5.41 Å². The Labute approximate surface area is 113 Å². The molecule has 5 nitrogen and oxygen atoms in total. The fraction of sp³-hybridized carbons (Fsp3) is 0.538. The summed E-state index contributed by atoms with van der Waals surface area (Å²) in [6.07, 6.45) is 0.737. The van der Waals surface area contributed by atoms with E-state index in [1.165, 1.54) is 0 Å². The number of benzene rings is 1. The highest BCUT2D eigenvalue weighted by Crippen LogP contribution is 2.27. The topological polar surface area (TPSA) is 75.6 Å². The Morgan fingerprint density at radius 1 is 1.42 bits per heavy atom. The minimum absolute atomic E-state index is 0.0758. The summed E-state index contributed by atoms with van der Waals surface area (Å²) in [6, 6.07) is 4.88. The zero-order valence-corrected chi connectivity index (χ0v) is 12.0. The Balaban J connectivity index is 2.16. The van der Waals surface area contributed by atoms with Crippen molar-refractivity contribution in [3.8, 4) is 5.75 Å². The van der Waals surface area contributed by atoms with E-state index in [2.05, 4.69) is 4.72 Å². The molecule has 1 aliphatic rings. The monoisotopic (exact) mass is 285 g/mol. The fourth-order valence-corrected chi connectivity index (χ4v) is 3.05. The number of sulfonamides is 1. The first-order chi connectivity index (χ1) is 8.84. The predicted octanol–water partition coefficient (Wildman–Crippen LogP) is 0.918. The number of aliphatic hydroxyl groups excluding tert-OH is 1. The highest BCUT2D eigenvalue weighted by atomic mass is 32.2. The van der Waals surface area contributed by atoms with E-state index in [1.807, 2.05) is 0 Å². The van der Waals surface area contributed by atoms with Crippen LogP contribution < -0.4 is 9.46 Å². The molecule has 1 aromatic rings. The minimum Gasteiger partial charge on any atom is -0.493 e. The number of fused-ring (bicyclic) bond motifs is 1. The second kappa shape index (κ2) is 5.11. The second-order valence-corrected chi connectivity index (χ2v) is 7.28. The third-order valence-electron chi connectivity index (χ3n) is 3.14. The molecule has 2 N–H and O–H groups in total. The number of hydrogen-bond acceptors (Lipinski definition) is 4. The van der Waals surface area contributed by atoms with Crippen molar-refractivity contribution in [3.63, 3.8) is 0 Å². The molecule has 19 heavy (non-hydrogen) atoms. The first-order valence-corrected chi connectivity index (χ1v) is 7.69. The molecule has 0 spiro atoms. The standard InChI is InChI=1S/C13H19NO4S/c1-13(2,9-15)8-14-19(16,17)11-3-4-12-10(7-11)5-6-18-12/h3-4,7,14-15H,5-6,8-9H2,1-2H3. The van der Waals surface area contributed by atoms with Gasteiger partial charge in [0.1, 0.15) is 5.75 Å². The molecule has 1 heterocycles. The summed E-state index contributed by atoms with van der Waals surface area (Å²) in [7, 11) is -3.54. The summed E-state index contributed by atoms with van der Waals surface area (Å²) in [5, 5.41) is 9.14. The van der Waals surface area contributed by atoms with Crippen molar-refractivity contribution in [1.82, 2.24) is 4.72 Å². The molecule has 0 aromatic heterocycles. The van der Waals surface area contributed by atoms with Crippen LogP contribution in [0.2, 0.25) is 0 Å². The summed E-state index contributed by atoms with van der Waals surface area (Å²) in [6.45, 7) is 4.31. The quantitative estimate of drug-likeness (QED) is 0.843. The van der Waals surface area contributed by atoms with Gasteiger partial charge in [0.2, 0.25) is 10.0 Å². The molecule has 0 amide bonds. The van der Waals surface area contributed by atoms with E-state index in [9.17, 15) is 8.42 Å². The van der Waals surface area contributed by atoms with Gasteiger partial charge < -0.3 is 9.84 Å². The Hall–Kier alpha value is -1.11. The fourth-order valence-electron chi connectivity index (χ4n) is 1.76. The van der Waals surface area contributed by atoms with Crippen LogP contribution in [0.4, 0.5) is 0 Å². The predicted molar refractivity (Wildman–Crippen MR) is 71.7 cm³/mol. The van der Waals surface area contributed by atoms with Crippen LogP contribution in [-0.2, 0) is 16.4 Å². The van der Waals surface area contributed by atoms with Gasteiger partial charge in [-0.2, -0.15) is 0 Å². The van der Waals surface area contributed by atoms with E-state index in [0.717, 1.165) is 17.7 Å². The Bertz CT molecular complexity index is 566.